The van der Waals surface area contributed by atoms with Gasteiger partial charge in [0.15, 0.2) is 0 Å². The molecule has 2 aromatic heterocycles. The summed E-state index contributed by atoms with van der Waals surface area (Å²) < 4.78 is 0. The predicted molar refractivity (Wildman–Crippen MR) is 116 cm³/mol. The lowest BCUT2D eigenvalue weighted by Crippen LogP contribution is -2.49. The van der Waals surface area contributed by atoms with Gasteiger partial charge in [0.25, 0.3) is 0 Å². The van der Waals surface area contributed by atoms with E-state index in [9.17, 15) is 4.79 Å². The highest BCUT2D eigenvalue weighted by molar-refractivity contribution is 7.19. The third-order valence-corrected chi connectivity index (χ3v) is 7.10. The Balaban J connectivity index is 1.72. The monoisotopic (exact) mass is 400 g/mol. The number of nitrogens with zero attached hydrogens (tertiary/aromatic N) is 4. The highest BCUT2D eigenvalue weighted by atomic mass is 32.1. The lowest BCUT2D eigenvalue weighted by molar-refractivity contribution is -0.131. The number of rotatable bonds is 4. The maximum absolute atomic E-state index is 12.1. The molecule has 0 radical (unpaired) electrons. The molecular formula is C22H32N4OS. The Morgan fingerprint density at radius 1 is 1.07 bits per heavy atom. The van der Waals surface area contributed by atoms with Crippen molar-refractivity contribution in [3.63, 3.8) is 0 Å². The van der Waals surface area contributed by atoms with E-state index in [1.807, 2.05) is 23.2 Å². The Kier molecular flexibility index (Phi) is 5.85. The van der Waals surface area contributed by atoms with Gasteiger partial charge in [-0.15, -0.1) is 11.3 Å². The van der Waals surface area contributed by atoms with Crippen molar-refractivity contribution >= 4 is 33.3 Å². The first-order valence-corrected chi connectivity index (χ1v) is 11.7. The van der Waals surface area contributed by atoms with Gasteiger partial charge < -0.3 is 9.80 Å². The lowest BCUT2D eigenvalue weighted by atomic mass is 10.1. The molecule has 0 unspecified atom stereocenters. The summed E-state index contributed by atoms with van der Waals surface area (Å²) in [6.45, 7) is 9.72. The largest absolute Gasteiger partial charge is 0.352 e. The summed E-state index contributed by atoms with van der Waals surface area (Å²) >= 11 is 1.90. The van der Waals surface area contributed by atoms with Crippen LogP contribution in [-0.4, -0.2) is 47.0 Å². The van der Waals surface area contributed by atoms with Crippen LogP contribution in [0.2, 0.25) is 0 Å². The molecule has 1 amide bonds. The van der Waals surface area contributed by atoms with Crippen LogP contribution in [0.4, 0.5) is 5.82 Å². The number of piperazine rings is 1. The van der Waals surface area contributed by atoms with Crippen LogP contribution >= 0.6 is 11.3 Å². The first-order valence-electron chi connectivity index (χ1n) is 10.9. The number of amides is 1. The van der Waals surface area contributed by atoms with E-state index in [-0.39, 0.29) is 5.91 Å². The minimum atomic E-state index is 0.261. The first-order chi connectivity index (χ1) is 13.6. The fourth-order valence-electron chi connectivity index (χ4n) is 4.43. The number of hydrogen-bond donors (Lipinski definition) is 0. The maximum atomic E-state index is 12.1. The number of anilines is 1. The van der Waals surface area contributed by atoms with Gasteiger partial charge in [-0.2, -0.15) is 0 Å². The molecule has 152 valence electrons. The van der Waals surface area contributed by atoms with Crippen molar-refractivity contribution < 1.29 is 4.79 Å². The third kappa shape index (κ3) is 3.88. The van der Waals surface area contributed by atoms with Gasteiger partial charge in [0.05, 0.1) is 5.39 Å². The summed E-state index contributed by atoms with van der Waals surface area (Å²) in [5.41, 5.74) is 1.51. The van der Waals surface area contributed by atoms with Crippen LogP contribution < -0.4 is 4.90 Å². The number of aryl methyl sites for hydroxylation is 2. The molecule has 5 nitrogen and oxygen atoms in total. The van der Waals surface area contributed by atoms with Gasteiger partial charge in [0.1, 0.15) is 16.5 Å². The van der Waals surface area contributed by atoms with Gasteiger partial charge in [0.2, 0.25) is 5.91 Å². The Labute approximate surface area is 172 Å². The normalized spacial score (nSPS) is 17.9. The minimum Gasteiger partial charge on any atom is -0.352 e. The van der Waals surface area contributed by atoms with Gasteiger partial charge in [-0.3, -0.25) is 4.79 Å². The number of carbonyl (C=O) groups excluding carboxylic acids is 1. The average molecular weight is 401 g/mol. The summed E-state index contributed by atoms with van der Waals surface area (Å²) in [4.78, 5) is 29.3. The zero-order valence-electron chi connectivity index (χ0n) is 17.5. The van der Waals surface area contributed by atoms with E-state index in [0.29, 0.717) is 12.3 Å². The standard InChI is InChI=1S/C22H32N4OS/c1-4-19(27)25-10-12-26(13-11-25)21-20-16-8-6-5-7-9-17(16)28-22(20)24-18(23-21)14-15(2)3/h15H,4-14H2,1-3H3. The molecule has 0 aromatic carbocycles. The molecule has 0 spiro atoms. The summed E-state index contributed by atoms with van der Waals surface area (Å²) in [5.74, 6) is 2.91. The van der Waals surface area contributed by atoms with E-state index in [0.717, 1.165) is 50.7 Å². The highest BCUT2D eigenvalue weighted by Gasteiger charge is 2.26. The van der Waals surface area contributed by atoms with Crippen LogP contribution in [0, 0.1) is 5.92 Å². The number of carbonyl (C=O) groups is 1. The number of fused-ring (bicyclic) bond motifs is 3. The maximum Gasteiger partial charge on any atom is 0.222 e. The summed E-state index contributed by atoms with van der Waals surface area (Å²) in [6, 6.07) is 0. The van der Waals surface area contributed by atoms with Crippen molar-refractivity contribution in [1.82, 2.24) is 14.9 Å². The van der Waals surface area contributed by atoms with Crippen molar-refractivity contribution in [1.29, 1.82) is 0 Å². The van der Waals surface area contributed by atoms with Crippen LogP contribution in [0.5, 0.6) is 0 Å². The van der Waals surface area contributed by atoms with Crippen LogP contribution in [0.15, 0.2) is 0 Å². The smallest absolute Gasteiger partial charge is 0.222 e. The zero-order valence-corrected chi connectivity index (χ0v) is 18.3. The second-order valence-electron chi connectivity index (χ2n) is 8.53. The molecule has 1 aliphatic carbocycles. The Bertz CT molecular complexity index is 852. The third-order valence-electron chi connectivity index (χ3n) is 5.92. The molecule has 28 heavy (non-hydrogen) atoms. The van der Waals surface area contributed by atoms with Gasteiger partial charge >= 0.3 is 0 Å². The SMILES string of the molecule is CCC(=O)N1CCN(c2nc(CC(C)C)nc3sc4c(c23)CCCCC4)CC1. The molecular weight excluding hydrogens is 368 g/mol. The summed E-state index contributed by atoms with van der Waals surface area (Å²) in [5, 5.41) is 1.31. The summed E-state index contributed by atoms with van der Waals surface area (Å²) in [6.07, 6.45) is 7.73. The van der Waals surface area contributed by atoms with E-state index >= 15 is 0 Å². The van der Waals surface area contributed by atoms with E-state index < -0.39 is 0 Å². The Hall–Kier alpha value is -1.69. The van der Waals surface area contributed by atoms with Crippen molar-refractivity contribution in [2.75, 3.05) is 31.1 Å². The molecule has 3 heterocycles. The number of hydrogen-bond acceptors (Lipinski definition) is 5. The average Bonchev–Trinajstić information content (AvgIpc) is 2.87. The minimum absolute atomic E-state index is 0.261. The molecule has 2 aromatic rings. The fraction of sp³-hybridized carbons (Fsp3) is 0.682. The van der Waals surface area contributed by atoms with Crippen molar-refractivity contribution in [2.24, 2.45) is 5.92 Å². The second-order valence-corrected chi connectivity index (χ2v) is 9.61. The molecule has 0 bridgehead atoms. The second kappa shape index (κ2) is 8.36. The predicted octanol–water partition coefficient (Wildman–Crippen LogP) is 4.22. The van der Waals surface area contributed by atoms with Crippen molar-refractivity contribution in [3.05, 3.63) is 16.3 Å². The van der Waals surface area contributed by atoms with Gasteiger partial charge in [-0.05, 0) is 37.2 Å². The van der Waals surface area contributed by atoms with Crippen LogP contribution in [0.1, 0.15) is 62.7 Å². The molecule has 4 rings (SSSR count). The molecule has 0 N–H and O–H groups in total. The molecule has 1 aliphatic heterocycles. The fourth-order valence-corrected chi connectivity index (χ4v) is 5.71. The molecule has 1 saturated heterocycles. The van der Waals surface area contributed by atoms with E-state index in [1.54, 1.807) is 0 Å². The first kappa shape index (κ1) is 19.6. The van der Waals surface area contributed by atoms with E-state index in [4.69, 9.17) is 9.97 Å². The van der Waals surface area contributed by atoms with Crippen molar-refractivity contribution in [3.8, 4) is 0 Å². The number of aromatic nitrogens is 2. The summed E-state index contributed by atoms with van der Waals surface area (Å²) in [7, 11) is 0. The zero-order chi connectivity index (χ0) is 19.7. The van der Waals surface area contributed by atoms with Crippen LogP contribution in [-0.2, 0) is 24.1 Å². The van der Waals surface area contributed by atoms with E-state index in [1.165, 1.54) is 46.3 Å². The molecule has 0 atom stereocenters. The topological polar surface area (TPSA) is 49.3 Å². The molecule has 1 fully saturated rings. The molecule has 6 heteroatoms. The number of thiophene rings is 1. The van der Waals surface area contributed by atoms with Crippen LogP contribution in [0.25, 0.3) is 10.2 Å². The molecule has 0 saturated carbocycles. The van der Waals surface area contributed by atoms with Gasteiger partial charge in [0, 0.05) is 43.9 Å². The Morgan fingerprint density at radius 3 is 2.54 bits per heavy atom. The van der Waals surface area contributed by atoms with Crippen LogP contribution in [0.3, 0.4) is 0 Å². The highest BCUT2D eigenvalue weighted by Crippen LogP contribution is 2.39. The quantitative estimate of drug-likeness (QED) is 0.721. The molecule has 2 aliphatic rings. The van der Waals surface area contributed by atoms with Gasteiger partial charge in [-0.1, -0.05) is 27.2 Å². The van der Waals surface area contributed by atoms with Gasteiger partial charge in [-0.25, -0.2) is 9.97 Å². The lowest BCUT2D eigenvalue weighted by Gasteiger charge is -2.36. The Morgan fingerprint density at radius 2 is 1.82 bits per heavy atom. The van der Waals surface area contributed by atoms with Crippen molar-refractivity contribution in [2.45, 2.75) is 65.7 Å². The van der Waals surface area contributed by atoms with E-state index in [2.05, 4.69) is 18.7 Å².